The largest absolute Gasteiger partial charge is 0.468 e. The summed E-state index contributed by atoms with van der Waals surface area (Å²) in [4.78, 5) is 6.61. The van der Waals surface area contributed by atoms with Crippen LogP contribution in [0.2, 0.25) is 0 Å². The Morgan fingerprint density at radius 2 is 2.15 bits per heavy atom. The summed E-state index contributed by atoms with van der Waals surface area (Å²) in [7, 11) is 0. The summed E-state index contributed by atoms with van der Waals surface area (Å²) in [5, 5.41) is 0. The molecule has 4 heterocycles. The Hall–Kier alpha value is -1.69. The van der Waals surface area contributed by atoms with Gasteiger partial charge in [0.25, 0.3) is 0 Å². The average Bonchev–Trinajstić information content (AvgIpc) is 3.32. The van der Waals surface area contributed by atoms with Crippen molar-refractivity contribution < 1.29 is 13.9 Å². The number of hydrogen-bond donors (Lipinski definition) is 0. The highest BCUT2D eigenvalue weighted by Crippen LogP contribution is 2.42. The molecule has 0 aromatic carbocycles. The zero-order chi connectivity index (χ0) is 17.7. The van der Waals surface area contributed by atoms with E-state index in [1.54, 1.807) is 12.5 Å². The van der Waals surface area contributed by atoms with Crippen molar-refractivity contribution in [2.75, 3.05) is 26.3 Å². The van der Waals surface area contributed by atoms with Crippen molar-refractivity contribution in [3.8, 4) is 0 Å². The third-order valence-electron chi connectivity index (χ3n) is 5.86. The first-order valence-electron chi connectivity index (χ1n) is 9.69. The Bertz CT molecular complexity index is 651. The maximum Gasteiger partial charge on any atom is 0.117 e. The van der Waals surface area contributed by atoms with Crippen LogP contribution >= 0.6 is 0 Å². The second kappa shape index (κ2) is 8.33. The van der Waals surface area contributed by atoms with E-state index in [1.807, 2.05) is 18.3 Å². The van der Waals surface area contributed by atoms with Crippen molar-refractivity contribution in [3.63, 3.8) is 0 Å². The van der Waals surface area contributed by atoms with Gasteiger partial charge in [-0.1, -0.05) is 6.07 Å². The Morgan fingerprint density at radius 3 is 2.92 bits per heavy atom. The molecule has 0 radical (unpaired) electrons. The first-order chi connectivity index (χ1) is 12.8. The fourth-order valence-corrected chi connectivity index (χ4v) is 4.36. The van der Waals surface area contributed by atoms with Crippen molar-refractivity contribution in [2.24, 2.45) is 5.92 Å². The highest BCUT2D eigenvalue weighted by molar-refractivity contribution is 5.06. The van der Waals surface area contributed by atoms with Crippen molar-refractivity contribution in [1.82, 2.24) is 9.88 Å². The Kier molecular flexibility index (Phi) is 5.68. The SMILES string of the molecule is c1cncc(COCC[C@@H]2CCOC23CCN(Cc2ccco2)CC3)c1. The monoisotopic (exact) mass is 356 g/mol. The van der Waals surface area contributed by atoms with Gasteiger partial charge in [-0.25, -0.2) is 0 Å². The maximum atomic E-state index is 6.28. The second-order valence-electron chi connectivity index (χ2n) is 7.46. The summed E-state index contributed by atoms with van der Waals surface area (Å²) in [6.45, 7) is 5.39. The molecule has 0 aliphatic carbocycles. The van der Waals surface area contributed by atoms with Gasteiger partial charge in [0.15, 0.2) is 0 Å². The van der Waals surface area contributed by atoms with Gasteiger partial charge in [0.05, 0.1) is 25.0 Å². The number of rotatable bonds is 7. The molecule has 4 rings (SSSR count). The third-order valence-corrected chi connectivity index (χ3v) is 5.86. The van der Waals surface area contributed by atoms with Gasteiger partial charge < -0.3 is 13.9 Å². The fourth-order valence-electron chi connectivity index (χ4n) is 4.36. The molecule has 0 N–H and O–H groups in total. The Labute approximate surface area is 155 Å². The van der Waals surface area contributed by atoms with Crippen LogP contribution in [0.1, 0.15) is 37.0 Å². The van der Waals surface area contributed by atoms with Crippen LogP contribution in [0.5, 0.6) is 0 Å². The highest BCUT2D eigenvalue weighted by Gasteiger charge is 2.45. The molecule has 2 aliphatic heterocycles. The van der Waals surface area contributed by atoms with Crippen LogP contribution < -0.4 is 0 Å². The molecule has 1 atom stereocenters. The van der Waals surface area contributed by atoms with Gasteiger partial charge in [-0.05, 0) is 55.4 Å². The molecule has 26 heavy (non-hydrogen) atoms. The lowest BCUT2D eigenvalue weighted by Crippen LogP contribution is -2.47. The van der Waals surface area contributed by atoms with E-state index < -0.39 is 0 Å². The molecule has 5 heteroatoms. The van der Waals surface area contributed by atoms with Gasteiger partial charge in [0.2, 0.25) is 0 Å². The quantitative estimate of drug-likeness (QED) is 0.709. The van der Waals surface area contributed by atoms with Crippen molar-refractivity contribution in [1.29, 1.82) is 0 Å². The molecule has 1 spiro atoms. The van der Waals surface area contributed by atoms with Gasteiger partial charge in [0, 0.05) is 38.7 Å². The van der Waals surface area contributed by atoms with Crippen LogP contribution in [0.3, 0.4) is 0 Å². The van der Waals surface area contributed by atoms with E-state index in [0.717, 1.165) is 69.9 Å². The predicted octanol–water partition coefficient (Wildman–Crippen LogP) is 3.65. The number of ether oxygens (including phenoxy) is 2. The van der Waals surface area contributed by atoms with E-state index >= 15 is 0 Å². The zero-order valence-corrected chi connectivity index (χ0v) is 15.3. The Balaban J connectivity index is 1.23. The molecule has 5 nitrogen and oxygen atoms in total. The average molecular weight is 356 g/mol. The molecule has 140 valence electrons. The van der Waals surface area contributed by atoms with E-state index in [0.29, 0.717) is 12.5 Å². The van der Waals surface area contributed by atoms with Crippen molar-refractivity contribution >= 4 is 0 Å². The van der Waals surface area contributed by atoms with E-state index in [-0.39, 0.29) is 5.60 Å². The molecular formula is C21H28N2O3. The standard InChI is InChI=1S/C21H28N2O3/c1-3-18(15-22-9-1)17-24-13-5-19-6-14-26-21(19)7-10-23(11-8-21)16-20-4-2-12-25-20/h1-4,9,12,15,19H,5-8,10-11,13-14,16-17H2/t19-/m1/s1. The van der Waals surface area contributed by atoms with E-state index in [4.69, 9.17) is 13.9 Å². The molecular weight excluding hydrogens is 328 g/mol. The molecule has 2 fully saturated rings. The molecule has 2 aliphatic rings. The summed E-state index contributed by atoms with van der Waals surface area (Å²) in [5.41, 5.74) is 1.20. The van der Waals surface area contributed by atoms with Gasteiger partial charge in [0.1, 0.15) is 5.76 Å². The van der Waals surface area contributed by atoms with Crippen molar-refractivity contribution in [3.05, 3.63) is 54.2 Å². The van der Waals surface area contributed by atoms with E-state index in [1.165, 1.54) is 0 Å². The summed E-state index contributed by atoms with van der Waals surface area (Å²) in [6.07, 6.45) is 9.88. The van der Waals surface area contributed by atoms with Crippen LogP contribution in [0.15, 0.2) is 47.3 Å². The summed E-state index contributed by atoms with van der Waals surface area (Å²) in [6, 6.07) is 8.03. The number of likely N-dealkylation sites (tertiary alicyclic amines) is 1. The molecule has 0 saturated carbocycles. The normalized spacial score (nSPS) is 22.8. The number of nitrogens with zero attached hydrogens (tertiary/aromatic N) is 2. The zero-order valence-electron chi connectivity index (χ0n) is 15.3. The van der Waals surface area contributed by atoms with Gasteiger partial charge in [-0.2, -0.15) is 0 Å². The minimum Gasteiger partial charge on any atom is -0.468 e. The lowest BCUT2D eigenvalue weighted by Gasteiger charge is -2.42. The number of pyridine rings is 1. The minimum absolute atomic E-state index is 0.0668. The summed E-state index contributed by atoms with van der Waals surface area (Å²) >= 11 is 0. The maximum absolute atomic E-state index is 6.28. The molecule has 2 saturated heterocycles. The summed E-state index contributed by atoms with van der Waals surface area (Å²) < 4.78 is 17.6. The summed E-state index contributed by atoms with van der Waals surface area (Å²) in [5.74, 6) is 1.66. The van der Waals surface area contributed by atoms with Crippen LogP contribution in [0, 0.1) is 5.92 Å². The predicted molar refractivity (Wildman–Crippen MR) is 98.5 cm³/mol. The van der Waals surface area contributed by atoms with Gasteiger partial charge in [-0.3, -0.25) is 9.88 Å². The van der Waals surface area contributed by atoms with Crippen LogP contribution in [-0.4, -0.2) is 41.8 Å². The van der Waals surface area contributed by atoms with Gasteiger partial charge >= 0.3 is 0 Å². The molecule has 0 unspecified atom stereocenters. The van der Waals surface area contributed by atoms with Crippen LogP contribution in [-0.2, 0) is 22.6 Å². The Morgan fingerprint density at radius 1 is 1.23 bits per heavy atom. The highest BCUT2D eigenvalue weighted by atomic mass is 16.5. The number of hydrogen-bond acceptors (Lipinski definition) is 5. The molecule has 2 aromatic rings. The molecule has 0 amide bonds. The number of furan rings is 1. The minimum atomic E-state index is 0.0668. The first kappa shape index (κ1) is 17.7. The first-order valence-corrected chi connectivity index (χ1v) is 9.69. The van der Waals surface area contributed by atoms with Gasteiger partial charge in [-0.15, -0.1) is 0 Å². The number of piperidine rings is 1. The third kappa shape index (κ3) is 4.17. The number of aromatic nitrogens is 1. The smallest absolute Gasteiger partial charge is 0.117 e. The van der Waals surface area contributed by atoms with Crippen LogP contribution in [0.4, 0.5) is 0 Å². The topological polar surface area (TPSA) is 47.7 Å². The molecule has 0 bridgehead atoms. The fraction of sp³-hybridized carbons (Fsp3) is 0.571. The van der Waals surface area contributed by atoms with E-state index in [2.05, 4.69) is 22.0 Å². The molecule has 2 aromatic heterocycles. The lowest BCUT2D eigenvalue weighted by atomic mass is 9.78. The van der Waals surface area contributed by atoms with Crippen molar-refractivity contribution in [2.45, 2.75) is 44.4 Å². The van der Waals surface area contributed by atoms with E-state index in [9.17, 15) is 0 Å². The van der Waals surface area contributed by atoms with Crippen LogP contribution in [0.25, 0.3) is 0 Å². The lowest BCUT2D eigenvalue weighted by molar-refractivity contribution is -0.0740. The second-order valence-corrected chi connectivity index (χ2v) is 7.46.